The number of hydrogen-bond acceptors (Lipinski definition) is 4. The lowest BCUT2D eigenvalue weighted by Crippen LogP contribution is -2.28. The van der Waals surface area contributed by atoms with Gasteiger partial charge in [0.05, 0.1) is 19.5 Å². The van der Waals surface area contributed by atoms with Crippen molar-refractivity contribution in [1.29, 1.82) is 0 Å². The Hall–Kier alpha value is -2.27. The van der Waals surface area contributed by atoms with E-state index in [1.54, 1.807) is 43.5 Å². The molecule has 2 N–H and O–H groups in total. The first kappa shape index (κ1) is 13.2. The van der Waals surface area contributed by atoms with Crippen LogP contribution in [0, 0.1) is 0 Å². The molecular weight excluding hydrogens is 246 g/mol. The number of hydrogen-bond donors (Lipinski definition) is 2. The minimum Gasteiger partial charge on any atom is -0.497 e. The summed E-state index contributed by atoms with van der Waals surface area (Å²) in [4.78, 5) is 11.6. The predicted octanol–water partition coefficient (Wildman–Crippen LogP) is 1.75. The van der Waals surface area contributed by atoms with Gasteiger partial charge in [0.2, 0.25) is 0 Å². The molecule has 1 aromatic heterocycles. The average molecular weight is 261 g/mol. The highest BCUT2D eigenvalue weighted by molar-refractivity contribution is 5.91. The Morgan fingerprint density at radius 3 is 2.68 bits per heavy atom. The van der Waals surface area contributed by atoms with Gasteiger partial charge in [-0.2, -0.15) is 0 Å². The monoisotopic (exact) mass is 261 g/mol. The molecule has 0 fully saturated rings. The molecule has 5 nitrogen and oxygen atoms in total. The van der Waals surface area contributed by atoms with Gasteiger partial charge < -0.3 is 19.6 Å². The van der Waals surface area contributed by atoms with Crippen LogP contribution in [-0.4, -0.2) is 24.7 Å². The second-order valence-electron chi connectivity index (χ2n) is 3.98. The SMILES string of the molecule is COc1ccc(C(O)CNC(=O)c2ccco2)cc1. The van der Waals surface area contributed by atoms with Crippen LogP contribution in [0.4, 0.5) is 0 Å². The summed E-state index contributed by atoms with van der Waals surface area (Å²) in [6.07, 6.45) is 0.652. The van der Waals surface area contributed by atoms with Crippen LogP contribution >= 0.6 is 0 Å². The molecule has 0 aliphatic carbocycles. The van der Waals surface area contributed by atoms with Crippen molar-refractivity contribution in [2.75, 3.05) is 13.7 Å². The van der Waals surface area contributed by atoms with Crippen LogP contribution in [0.3, 0.4) is 0 Å². The number of rotatable bonds is 5. The van der Waals surface area contributed by atoms with Crippen molar-refractivity contribution in [3.8, 4) is 5.75 Å². The molecule has 2 aromatic rings. The van der Waals surface area contributed by atoms with Gasteiger partial charge in [0.1, 0.15) is 5.75 Å². The Morgan fingerprint density at radius 1 is 1.37 bits per heavy atom. The van der Waals surface area contributed by atoms with E-state index < -0.39 is 6.10 Å². The molecule has 1 heterocycles. The van der Waals surface area contributed by atoms with E-state index in [1.165, 1.54) is 6.26 Å². The molecule has 0 bridgehead atoms. The van der Waals surface area contributed by atoms with Crippen molar-refractivity contribution < 1.29 is 19.1 Å². The summed E-state index contributed by atoms with van der Waals surface area (Å²) in [6.45, 7) is 0.117. The van der Waals surface area contributed by atoms with Crippen molar-refractivity contribution in [3.63, 3.8) is 0 Å². The summed E-state index contributed by atoms with van der Waals surface area (Å²) in [5.74, 6) is 0.593. The standard InChI is InChI=1S/C14H15NO4/c1-18-11-6-4-10(5-7-11)12(16)9-15-14(17)13-3-2-8-19-13/h2-8,12,16H,9H2,1H3,(H,15,17). The van der Waals surface area contributed by atoms with Crippen LogP contribution in [0.2, 0.25) is 0 Å². The predicted molar refractivity (Wildman–Crippen MR) is 69.0 cm³/mol. The van der Waals surface area contributed by atoms with E-state index in [2.05, 4.69) is 5.32 Å². The quantitative estimate of drug-likeness (QED) is 0.860. The van der Waals surface area contributed by atoms with E-state index in [9.17, 15) is 9.90 Å². The van der Waals surface area contributed by atoms with Gasteiger partial charge in [-0.25, -0.2) is 0 Å². The highest BCUT2D eigenvalue weighted by Crippen LogP contribution is 2.17. The molecule has 1 amide bonds. The van der Waals surface area contributed by atoms with Crippen LogP contribution in [0.5, 0.6) is 5.75 Å². The molecule has 1 atom stereocenters. The van der Waals surface area contributed by atoms with Crippen LogP contribution in [0.1, 0.15) is 22.2 Å². The van der Waals surface area contributed by atoms with Crippen molar-refractivity contribution in [2.45, 2.75) is 6.10 Å². The molecule has 100 valence electrons. The Kier molecular flexibility index (Phi) is 4.20. The molecule has 1 aromatic carbocycles. The maximum absolute atomic E-state index is 11.6. The van der Waals surface area contributed by atoms with Gasteiger partial charge in [-0.05, 0) is 29.8 Å². The zero-order valence-corrected chi connectivity index (χ0v) is 10.5. The second-order valence-corrected chi connectivity index (χ2v) is 3.98. The zero-order valence-electron chi connectivity index (χ0n) is 10.5. The first-order valence-corrected chi connectivity index (χ1v) is 5.84. The number of aliphatic hydroxyl groups excluding tert-OH is 1. The Morgan fingerprint density at radius 2 is 2.11 bits per heavy atom. The third-order valence-electron chi connectivity index (χ3n) is 2.70. The van der Waals surface area contributed by atoms with Crippen molar-refractivity contribution >= 4 is 5.91 Å². The number of furan rings is 1. The summed E-state index contributed by atoms with van der Waals surface area (Å²) in [5, 5.41) is 12.5. The van der Waals surface area contributed by atoms with Gasteiger partial charge >= 0.3 is 0 Å². The largest absolute Gasteiger partial charge is 0.497 e. The molecule has 0 aliphatic heterocycles. The van der Waals surface area contributed by atoms with Gasteiger partial charge in [-0.15, -0.1) is 0 Å². The minimum absolute atomic E-state index is 0.117. The third-order valence-corrected chi connectivity index (χ3v) is 2.70. The minimum atomic E-state index is -0.773. The summed E-state index contributed by atoms with van der Waals surface area (Å²) >= 11 is 0. The van der Waals surface area contributed by atoms with Crippen LogP contribution in [0.15, 0.2) is 47.1 Å². The smallest absolute Gasteiger partial charge is 0.287 e. The van der Waals surface area contributed by atoms with Crippen LogP contribution in [-0.2, 0) is 0 Å². The molecule has 0 saturated carbocycles. The fourth-order valence-corrected chi connectivity index (χ4v) is 1.63. The lowest BCUT2D eigenvalue weighted by molar-refractivity contribution is 0.0889. The van der Waals surface area contributed by atoms with Crippen molar-refractivity contribution in [1.82, 2.24) is 5.32 Å². The molecule has 1 unspecified atom stereocenters. The van der Waals surface area contributed by atoms with Crippen LogP contribution < -0.4 is 10.1 Å². The molecule has 2 rings (SSSR count). The van der Waals surface area contributed by atoms with Crippen LogP contribution in [0.25, 0.3) is 0 Å². The first-order valence-electron chi connectivity index (χ1n) is 5.84. The lowest BCUT2D eigenvalue weighted by atomic mass is 10.1. The Bertz CT molecular complexity index is 519. The second kappa shape index (κ2) is 6.06. The number of carbonyl (C=O) groups excluding carboxylic acids is 1. The van der Waals surface area contributed by atoms with E-state index in [1.807, 2.05) is 0 Å². The summed E-state index contributed by atoms with van der Waals surface area (Å²) < 4.78 is 9.99. The molecule has 0 radical (unpaired) electrons. The average Bonchev–Trinajstić information content (AvgIpc) is 2.98. The fourth-order valence-electron chi connectivity index (χ4n) is 1.63. The van der Waals surface area contributed by atoms with Crippen molar-refractivity contribution in [2.24, 2.45) is 0 Å². The lowest BCUT2D eigenvalue weighted by Gasteiger charge is -2.12. The number of methoxy groups -OCH3 is 1. The molecular formula is C14H15NO4. The molecule has 0 aliphatic rings. The highest BCUT2D eigenvalue weighted by Gasteiger charge is 2.12. The highest BCUT2D eigenvalue weighted by atomic mass is 16.5. The van der Waals surface area contributed by atoms with Gasteiger partial charge in [-0.3, -0.25) is 4.79 Å². The summed E-state index contributed by atoms with van der Waals surface area (Å²) in [6, 6.07) is 10.2. The van der Waals surface area contributed by atoms with Gasteiger partial charge in [0, 0.05) is 6.54 Å². The molecule has 0 spiro atoms. The normalized spacial score (nSPS) is 11.9. The van der Waals surface area contributed by atoms with Gasteiger partial charge in [0.15, 0.2) is 5.76 Å². The number of nitrogens with one attached hydrogen (secondary N) is 1. The van der Waals surface area contributed by atoms with Crippen molar-refractivity contribution in [3.05, 3.63) is 54.0 Å². The third kappa shape index (κ3) is 3.35. The summed E-state index contributed by atoms with van der Waals surface area (Å²) in [7, 11) is 1.58. The van der Waals surface area contributed by atoms with E-state index in [0.29, 0.717) is 5.56 Å². The summed E-state index contributed by atoms with van der Waals surface area (Å²) in [5.41, 5.74) is 0.709. The number of ether oxygens (including phenoxy) is 1. The van der Waals surface area contributed by atoms with Gasteiger partial charge in [0.25, 0.3) is 5.91 Å². The first-order chi connectivity index (χ1) is 9.20. The number of amides is 1. The number of carbonyl (C=O) groups is 1. The Balaban J connectivity index is 1.90. The maximum atomic E-state index is 11.6. The molecule has 0 saturated heterocycles. The molecule has 19 heavy (non-hydrogen) atoms. The zero-order chi connectivity index (χ0) is 13.7. The van der Waals surface area contributed by atoms with E-state index in [-0.39, 0.29) is 18.2 Å². The Labute approximate surface area is 110 Å². The number of aliphatic hydroxyl groups is 1. The van der Waals surface area contributed by atoms with E-state index >= 15 is 0 Å². The van der Waals surface area contributed by atoms with Gasteiger partial charge in [-0.1, -0.05) is 12.1 Å². The van der Waals surface area contributed by atoms with E-state index in [4.69, 9.17) is 9.15 Å². The van der Waals surface area contributed by atoms with E-state index in [0.717, 1.165) is 5.75 Å². The fraction of sp³-hybridized carbons (Fsp3) is 0.214. The molecule has 5 heteroatoms. The number of benzene rings is 1. The maximum Gasteiger partial charge on any atom is 0.287 e. The topological polar surface area (TPSA) is 71.7 Å².